The highest BCUT2D eigenvalue weighted by Gasteiger charge is 1.73. The van der Waals surface area contributed by atoms with Crippen LogP contribution >= 0.6 is 0 Å². The van der Waals surface area contributed by atoms with E-state index in [9.17, 15) is 0 Å². The zero-order valence-electron chi connectivity index (χ0n) is 6.67. The van der Waals surface area contributed by atoms with E-state index in [2.05, 4.69) is 19.6 Å². The Hall–Kier alpha value is -1.04. The predicted octanol–water partition coefficient (Wildman–Crippen LogP) is 3.25. The summed E-state index contributed by atoms with van der Waals surface area (Å²) in [6.07, 6.45) is 11.8. The van der Waals surface area contributed by atoms with Crippen LogP contribution < -0.4 is 0 Å². The molecule has 0 nitrogen and oxygen atoms in total. The molecule has 0 radical (unpaired) electrons. The molecule has 0 atom stereocenters. The van der Waals surface area contributed by atoms with Gasteiger partial charge >= 0.3 is 0 Å². The predicted molar refractivity (Wildman–Crippen MR) is 47.9 cm³/mol. The lowest BCUT2D eigenvalue weighted by atomic mass is 10.2. The number of allylic oxidation sites excluding steroid dienone is 7. The van der Waals surface area contributed by atoms with Crippen LogP contribution in [0.4, 0.5) is 0 Å². The van der Waals surface area contributed by atoms with E-state index < -0.39 is 0 Å². The van der Waals surface area contributed by atoms with Crippen LogP contribution in [0.1, 0.15) is 13.8 Å². The van der Waals surface area contributed by atoms with Gasteiger partial charge in [-0.1, -0.05) is 48.6 Å². The summed E-state index contributed by atoms with van der Waals surface area (Å²) in [5.74, 6) is 0. The zero-order valence-corrected chi connectivity index (χ0v) is 6.67. The molecule has 0 saturated carbocycles. The topological polar surface area (TPSA) is 0 Å². The van der Waals surface area contributed by atoms with Crippen molar-refractivity contribution in [2.75, 3.05) is 0 Å². The minimum Gasteiger partial charge on any atom is -0.0991 e. The molecule has 0 aromatic heterocycles. The Morgan fingerprint density at radius 1 is 1.30 bits per heavy atom. The summed E-state index contributed by atoms with van der Waals surface area (Å²) in [4.78, 5) is 0. The molecule has 0 heteroatoms. The van der Waals surface area contributed by atoms with E-state index in [0.717, 1.165) is 0 Å². The quantitative estimate of drug-likeness (QED) is 0.520. The fraction of sp³-hybridized carbons (Fsp3) is 0.200. The van der Waals surface area contributed by atoms with Gasteiger partial charge in [-0.2, -0.15) is 0 Å². The van der Waals surface area contributed by atoms with Gasteiger partial charge < -0.3 is 0 Å². The van der Waals surface area contributed by atoms with Crippen LogP contribution in [-0.4, -0.2) is 0 Å². The van der Waals surface area contributed by atoms with Crippen LogP contribution in [0.2, 0.25) is 0 Å². The van der Waals surface area contributed by atoms with Crippen molar-refractivity contribution >= 4 is 0 Å². The van der Waals surface area contributed by atoms with E-state index in [1.165, 1.54) is 5.57 Å². The molecule has 0 aliphatic carbocycles. The van der Waals surface area contributed by atoms with Crippen molar-refractivity contribution in [2.45, 2.75) is 13.8 Å². The fourth-order valence-corrected chi connectivity index (χ4v) is 0.523. The summed E-state index contributed by atoms with van der Waals surface area (Å²) in [6, 6.07) is 0. The van der Waals surface area contributed by atoms with Crippen LogP contribution in [-0.2, 0) is 0 Å². The van der Waals surface area contributed by atoms with Crippen molar-refractivity contribution in [1.82, 2.24) is 0 Å². The molecule has 0 fully saturated rings. The van der Waals surface area contributed by atoms with Gasteiger partial charge in [-0.3, -0.25) is 0 Å². The maximum Gasteiger partial charge on any atom is -0.0398 e. The van der Waals surface area contributed by atoms with Gasteiger partial charge in [0.2, 0.25) is 0 Å². The van der Waals surface area contributed by atoms with Crippen LogP contribution in [0, 0.1) is 0 Å². The molecular formula is C10H14. The molecule has 10 heavy (non-hydrogen) atoms. The summed E-state index contributed by atoms with van der Waals surface area (Å²) < 4.78 is 0. The van der Waals surface area contributed by atoms with E-state index in [4.69, 9.17) is 0 Å². The minimum absolute atomic E-state index is 1.23. The maximum atomic E-state index is 3.58. The first-order valence-electron chi connectivity index (χ1n) is 3.40. The van der Waals surface area contributed by atoms with Gasteiger partial charge in [-0.05, 0) is 13.8 Å². The third-order valence-corrected chi connectivity index (χ3v) is 1.05. The highest BCUT2D eigenvalue weighted by Crippen LogP contribution is 1.94. The molecule has 0 saturated heterocycles. The third kappa shape index (κ3) is 5.10. The van der Waals surface area contributed by atoms with Gasteiger partial charge in [0.1, 0.15) is 0 Å². The Kier molecular flexibility index (Phi) is 5.45. The van der Waals surface area contributed by atoms with Crippen LogP contribution in [0.25, 0.3) is 0 Å². The lowest BCUT2D eigenvalue weighted by molar-refractivity contribution is 1.52. The first-order valence-corrected chi connectivity index (χ1v) is 3.40. The molecule has 54 valence electrons. The lowest BCUT2D eigenvalue weighted by Gasteiger charge is -1.84. The molecule has 0 N–H and O–H groups in total. The van der Waals surface area contributed by atoms with Crippen molar-refractivity contribution in [3.05, 3.63) is 48.6 Å². The summed E-state index contributed by atoms with van der Waals surface area (Å²) >= 11 is 0. The Labute approximate surface area is 63.3 Å². The SMILES string of the molecule is C=C/C=C/C(C)=C\C=C/C. The van der Waals surface area contributed by atoms with Gasteiger partial charge in [0.15, 0.2) is 0 Å². The second-order valence-electron chi connectivity index (χ2n) is 2.03. The molecule has 0 aliphatic rings. The number of hydrogen-bond donors (Lipinski definition) is 0. The summed E-state index contributed by atoms with van der Waals surface area (Å²) in [7, 11) is 0. The Bertz CT molecular complexity index is 168. The van der Waals surface area contributed by atoms with Crippen LogP contribution in [0.3, 0.4) is 0 Å². The van der Waals surface area contributed by atoms with E-state index >= 15 is 0 Å². The molecule has 0 aliphatic heterocycles. The molecule has 0 heterocycles. The molecule has 0 spiro atoms. The normalized spacial score (nSPS) is 13.2. The van der Waals surface area contributed by atoms with Crippen molar-refractivity contribution in [2.24, 2.45) is 0 Å². The Morgan fingerprint density at radius 2 is 2.00 bits per heavy atom. The van der Waals surface area contributed by atoms with Crippen LogP contribution in [0.5, 0.6) is 0 Å². The lowest BCUT2D eigenvalue weighted by Crippen LogP contribution is -1.63. The van der Waals surface area contributed by atoms with Gasteiger partial charge in [0.25, 0.3) is 0 Å². The maximum absolute atomic E-state index is 3.58. The monoisotopic (exact) mass is 134 g/mol. The summed E-state index contributed by atoms with van der Waals surface area (Å²) in [5, 5.41) is 0. The van der Waals surface area contributed by atoms with Gasteiger partial charge in [0, 0.05) is 0 Å². The minimum atomic E-state index is 1.23. The van der Waals surface area contributed by atoms with E-state index in [0.29, 0.717) is 0 Å². The first-order chi connectivity index (χ1) is 4.81. The summed E-state index contributed by atoms with van der Waals surface area (Å²) in [5.41, 5.74) is 1.23. The molecule has 0 unspecified atom stereocenters. The zero-order chi connectivity index (χ0) is 7.82. The van der Waals surface area contributed by atoms with Gasteiger partial charge in [0.05, 0.1) is 0 Å². The summed E-state index contributed by atoms with van der Waals surface area (Å²) in [6.45, 7) is 7.64. The van der Waals surface area contributed by atoms with E-state index in [-0.39, 0.29) is 0 Å². The van der Waals surface area contributed by atoms with Crippen molar-refractivity contribution in [3.63, 3.8) is 0 Å². The molecule has 0 bridgehead atoms. The second kappa shape index (κ2) is 6.09. The average molecular weight is 134 g/mol. The molecule has 0 aromatic rings. The smallest absolute Gasteiger partial charge is 0.0398 e. The first kappa shape index (κ1) is 8.96. The largest absolute Gasteiger partial charge is 0.0991 e. The van der Waals surface area contributed by atoms with Gasteiger partial charge in [-0.15, -0.1) is 0 Å². The second-order valence-corrected chi connectivity index (χ2v) is 2.03. The average Bonchev–Trinajstić information content (AvgIpc) is 1.97. The highest BCUT2D eigenvalue weighted by atomic mass is 13.8. The van der Waals surface area contributed by atoms with Crippen molar-refractivity contribution < 1.29 is 0 Å². The highest BCUT2D eigenvalue weighted by molar-refractivity contribution is 5.23. The van der Waals surface area contributed by atoms with Crippen LogP contribution in [0.15, 0.2) is 48.6 Å². The fourth-order valence-electron chi connectivity index (χ4n) is 0.523. The van der Waals surface area contributed by atoms with E-state index in [1.807, 2.05) is 31.2 Å². The van der Waals surface area contributed by atoms with Crippen molar-refractivity contribution in [1.29, 1.82) is 0 Å². The molecular weight excluding hydrogens is 120 g/mol. The molecule has 0 aromatic carbocycles. The Morgan fingerprint density at radius 3 is 2.50 bits per heavy atom. The molecule has 0 amide bonds. The standard InChI is InChI=1S/C10H14/c1-4-6-8-10(3)9-7-5-2/h4-9H,1H2,2-3H3/b7-5-,8-6+,10-9-. The van der Waals surface area contributed by atoms with E-state index in [1.54, 1.807) is 6.08 Å². The Balaban J connectivity index is 3.93. The number of hydrogen-bond acceptors (Lipinski definition) is 0. The van der Waals surface area contributed by atoms with Gasteiger partial charge in [-0.25, -0.2) is 0 Å². The molecule has 0 rings (SSSR count). The van der Waals surface area contributed by atoms with Crippen molar-refractivity contribution in [3.8, 4) is 0 Å². The third-order valence-electron chi connectivity index (χ3n) is 1.05. The number of rotatable bonds is 3.